The van der Waals surface area contributed by atoms with Gasteiger partial charge in [-0.3, -0.25) is 4.79 Å². The average molecular weight is 362 g/mol. The van der Waals surface area contributed by atoms with E-state index in [0.717, 1.165) is 36.2 Å². The number of aromatic amines is 1. The molecular weight excluding hydrogens is 336 g/mol. The average Bonchev–Trinajstić information content (AvgIpc) is 2.59. The van der Waals surface area contributed by atoms with E-state index in [1.165, 1.54) is 0 Å². The molecule has 0 saturated heterocycles. The third kappa shape index (κ3) is 5.17. The molecule has 2 N–H and O–H groups in total. The maximum atomic E-state index is 12.4. The summed E-state index contributed by atoms with van der Waals surface area (Å²) in [5.74, 6) is 0.763. The highest BCUT2D eigenvalue weighted by atomic mass is 32.1. The molecule has 1 heterocycles. The van der Waals surface area contributed by atoms with Gasteiger partial charge < -0.3 is 24.8 Å². The number of methoxy groups -OCH3 is 1. The molecule has 0 spiro atoms. The summed E-state index contributed by atoms with van der Waals surface area (Å²) in [7, 11) is 7.52. The second-order valence-electron chi connectivity index (χ2n) is 6.21. The van der Waals surface area contributed by atoms with Crippen molar-refractivity contribution in [2.45, 2.75) is 13.0 Å². The Morgan fingerprint density at radius 1 is 1.28 bits per heavy atom. The summed E-state index contributed by atoms with van der Waals surface area (Å²) in [5.41, 5.74) is 1.39. The van der Waals surface area contributed by atoms with Gasteiger partial charge in [-0.25, -0.2) is 0 Å². The lowest BCUT2D eigenvalue weighted by Crippen LogP contribution is -2.40. The van der Waals surface area contributed by atoms with E-state index in [1.54, 1.807) is 14.2 Å². The zero-order chi connectivity index (χ0) is 18.4. The predicted octanol–water partition coefficient (Wildman–Crippen LogP) is 1.79. The van der Waals surface area contributed by atoms with Crippen molar-refractivity contribution in [3.8, 4) is 5.75 Å². The van der Waals surface area contributed by atoms with Crippen molar-refractivity contribution in [2.24, 2.45) is 0 Å². The normalized spacial score (nSPS) is 10.9. The Kier molecular flexibility index (Phi) is 6.78. The number of rotatable bonds is 7. The van der Waals surface area contributed by atoms with Crippen molar-refractivity contribution in [1.82, 2.24) is 20.1 Å². The topological polar surface area (TPSA) is 60.6 Å². The summed E-state index contributed by atoms with van der Waals surface area (Å²) < 4.78 is 5.27. The number of ether oxygens (including phenoxy) is 1. The third-order valence-electron chi connectivity index (χ3n) is 4.02. The molecule has 0 unspecified atom stereocenters. The van der Waals surface area contributed by atoms with Crippen LogP contribution in [0.4, 0.5) is 0 Å². The molecular formula is C18H26N4O2S. The predicted molar refractivity (Wildman–Crippen MR) is 106 cm³/mol. The molecule has 6 nitrogen and oxygen atoms in total. The summed E-state index contributed by atoms with van der Waals surface area (Å²) in [6.45, 7) is 2.22. The van der Waals surface area contributed by atoms with E-state index in [1.807, 2.05) is 43.3 Å². The number of fused-ring (bicyclic) bond motifs is 1. The van der Waals surface area contributed by atoms with Gasteiger partial charge in [0, 0.05) is 30.1 Å². The maximum Gasteiger partial charge on any atom is 0.253 e. The molecule has 0 bridgehead atoms. The fraction of sp³-hybridized carbons (Fsp3) is 0.444. The number of hydrogen-bond donors (Lipinski definition) is 2. The van der Waals surface area contributed by atoms with Crippen LogP contribution >= 0.6 is 12.2 Å². The van der Waals surface area contributed by atoms with Crippen LogP contribution in [0.1, 0.15) is 12.0 Å². The van der Waals surface area contributed by atoms with Crippen LogP contribution in [0.5, 0.6) is 5.75 Å². The van der Waals surface area contributed by atoms with Crippen LogP contribution in [-0.4, -0.2) is 61.2 Å². The first-order valence-electron chi connectivity index (χ1n) is 8.26. The number of nitrogens with zero attached hydrogens (tertiary/aromatic N) is 2. The quantitative estimate of drug-likeness (QED) is 0.733. The maximum absolute atomic E-state index is 12.4. The fourth-order valence-electron chi connectivity index (χ4n) is 2.67. The second-order valence-corrected chi connectivity index (χ2v) is 6.60. The number of hydrogen-bond acceptors (Lipinski definition) is 4. The fourth-order valence-corrected chi connectivity index (χ4v) is 2.82. The van der Waals surface area contributed by atoms with E-state index in [0.29, 0.717) is 17.2 Å². The SMILES string of the molecule is CNC(=S)N(CCCN(C)C)Cc1cc2cc(OC)ccc2[nH]c1=O. The van der Waals surface area contributed by atoms with Crippen LogP contribution < -0.4 is 15.6 Å². The summed E-state index contributed by atoms with van der Waals surface area (Å²) in [4.78, 5) is 19.5. The third-order valence-corrected chi connectivity index (χ3v) is 4.49. The molecule has 0 aliphatic carbocycles. The van der Waals surface area contributed by atoms with Gasteiger partial charge >= 0.3 is 0 Å². The first-order chi connectivity index (χ1) is 11.9. The number of benzene rings is 1. The standard InChI is InChI=1S/C18H26N4O2S/c1-19-18(25)22(9-5-8-21(2)3)12-14-10-13-11-15(24-4)6-7-16(13)20-17(14)23/h6-7,10-11H,5,8-9,12H2,1-4H3,(H,19,25)(H,20,23). The number of nitrogens with one attached hydrogen (secondary N) is 2. The molecule has 0 aliphatic rings. The monoisotopic (exact) mass is 362 g/mol. The minimum absolute atomic E-state index is 0.0887. The summed E-state index contributed by atoms with van der Waals surface area (Å²) in [5, 5.41) is 4.59. The molecule has 136 valence electrons. The van der Waals surface area contributed by atoms with Crippen LogP contribution in [0.15, 0.2) is 29.1 Å². The van der Waals surface area contributed by atoms with E-state index in [4.69, 9.17) is 17.0 Å². The first-order valence-corrected chi connectivity index (χ1v) is 8.66. The Morgan fingerprint density at radius 2 is 2.04 bits per heavy atom. The van der Waals surface area contributed by atoms with Gasteiger partial charge in [-0.05, 0) is 63.5 Å². The molecule has 0 saturated carbocycles. The van der Waals surface area contributed by atoms with Crippen molar-refractivity contribution >= 4 is 28.2 Å². The number of thiocarbonyl (C=S) groups is 1. The number of H-pyrrole nitrogens is 1. The van der Waals surface area contributed by atoms with Gasteiger partial charge in [0.05, 0.1) is 13.7 Å². The van der Waals surface area contributed by atoms with Gasteiger partial charge in [0.2, 0.25) is 0 Å². The molecule has 2 aromatic rings. The van der Waals surface area contributed by atoms with Crippen LogP contribution in [0.3, 0.4) is 0 Å². The molecule has 1 aromatic carbocycles. The van der Waals surface area contributed by atoms with Gasteiger partial charge in [0.15, 0.2) is 5.11 Å². The second kappa shape index (κ2) is 8.82. The van der Waals surface area contributed by atoms with Crippen LogP contribution in [0.2, 0.25) is 0 Å². The van der Waals surface area contributed by atoms with Crippen molar-refractivity contribution in [2.75, 3.05) is 41.3 Å². The largest absolute Gasteiger partial charge is 0.497 e. The number of aromatic nitrogens is 1. The lowest BCUT2D eigenvalue weighted by molar-refractivity contribution is 0.342. The van der Waals surface area contributed by atoms with Gasteiger partial charge in [-0.2, -0.15) is 0 Å². The smallest absolute Gasteiger partial charge is 0.253 e. The Bertz CT molecular complexity index is 788. The summed E-state index contributed by atoms with van der Waals surface area (Å²) in [6, 6.07) is 7.52. The van der Waals surface area contributed by atoms with E-state index >= 15 is 0 Å². The molecule has 1 aromatic heterocycles. The molecule has 2 rings (SSSR count). The Labute approximate surface area is 153 Å². The Balaban J connectivity index is 2.25. The van der Waals surface area contributed by atoms with Gasteiger partial charge in [0.25, 0.3) is 5.56 Å². The minimum Gasteiger partial charge on any atom is -0.497 e. The van der Waals surface area contributed by atoms with Crippen LogP contribution in [0.25, 0.3) is 10.9 Å². The molecule has 0 fully saturated rings. The molecule has 0 radical (unpaired) electrons. The van der Waals surface area contributed by atoms with Crippen molar-refractivity contribution < 1.29 is 4.74 Å². The summed E-state index contributed by atoms with van der Waals surface area (Å²) in [6.07, 6.45) is 0.966. The Hall–Kier alpha value is -2.12. The van der Waals surface area contributed by atoms with E-state index < -0.39 is 0 Å². The molecule has 0 amide bonds. The van der Waals surface area contributed by atoms with Crippen molar-refractivity contribution in [1.29, 1.82) is 0 Å². The molecule has 0 atom stereocenters. The molecule has 7 heteroatoms. The zero-order valence-corrected chi connectivity index (χ0v) is 16.1. The molecule has 0 aliphatic heterocycles. The Morgan fingerprint density at radius 3 is 2.68 bits per heavy atom. The zero-order valence-electron chi connectivity index (χ0n) is 15.3. The van der Waals surface area contributed by atoms with E-state index in [2.05, 4.69) is 15.2 Å². The van der Waals surface area contributed by atoms with Gasteiger partial charge in [-0.15, -0.1) is 0 Å². The van der Waals surface area contributed by atoms with Crippen molar-refractivity contribution in [3.63, 3.8) is 0 Å². The summed E-state index contributed by atoms with van der Waals surface area (Å²) >= 11 is 5.40. The first kappa shape index (κ1) is 19.2. The minimum atomic E-state index is -0.0887. The van der Waals surface area contributed by atoms with Crippen LogP contribution in [-0.2, 0) is 6.54 Å². The van der Waals surface area contributed by atoms with Crippen molar-refractivity contribution in [3.05, 3.63) is 40.2 Å². The highest BCUT2D eigenvalue weighted by molar-refractivity contribution is 7.80. The van der Waals surface area contributed by atoms with E-state index in [9.17, 15) is 4.79 Å². The lowest BCUT2D eigenvalue weighted by atomic mass is 10.1. The highest BCUT2D eigenvalue weighted by Crippen LogP contribution is 2.19. The van der Waals surface area contributed by atoms with E-state index in [-0.39, 0.29) is 5.56 Å². The van der Waals surface area contributed by atoms with Gasteiger partial charge in [0.1, 0.15) is 5.75 Å². The number of pyridine rings is 1. The molecule has 25 heavy (non-hydrogen) atoms. The van der Waals surface area contributed by atoms with Crippen LogP contribution in [0, 0.1) is 0 Å². The lowest BCUT2D eigenvalue weighted by Gasteiger charge is -2.25. The highest BCUT2D eigenvalue weighted by Gasteiger charge is 2.12. The van der Waals surface area contributed by atoms with Gasteiger partial charge in [-0.1, -0.05) is 0 Å².